The van der Waals surface area contributed by atoms with E-state index in [9.17, 15) is 0 Å². The van der Waals surface area contributed by atoms with Crippen LogP contribution in [-0.4, -0.2) is 19.5 Å². The fraction of sp³-hybridized carbons (Fsp3) is 0.600. The molecule has 0 saturated carbocycles. The summed E-state index contributed by atoms with van der Waals surface area (Å²) in [6.45, 7) is 6.50. The van der Waals surface area contributed by atoms with Crippen molar-refractivity contribution in [2.75, 3.05) is 0 Å². The van der Waals surface area contributed by atoms with Crippen molar-refractivity contribution in [1.29, 1.82) is 0 Å². The minimum Gasteiger partial charge on any atom is -0.541 e. The van der Waals surface area contributed by atoms with Crippen LogP contribution in [0.25, 0.3) is 0 Å². The number of unbranched alkanes of at least 4 members (excludes halogenated alkanes) is 2. The van der Waals surface area contributed by atoms with Gasteiger partial charge in [0.1, 0.15) is 11.5 Å². The van der Waals surface area contributed by atoms with Gasteiger partial charge in [0.25, 0.3) is 0 Å². The van der Waals surface area contributed by atoms with Gasteiger partial charge in [-0.15, -0.1) is 0 Å². The zero-order valence-electron chi connectivity index (χ0n) is 12.3. The predicted molar refractivity (Wildman–Crippen MR) is 83.4 cm³/mol. The van der Waals surface area contributed by atoms with Crippen molar-refractivity contribution in [3.8, 4) is 11.5 Å². The van der Waals surface area contributed by atoms with Crippen molar-refractivity contribution in [2.45, 2.75) is 58.5 Å². The van der Waals surface area contributed by atoms with Crippen LogP contribution in [-0.2, 0) is 0 Å². The van der Waals surface area contributed by atoms with E-state index < -0.39 is 0 Å². The molecule has 0 aliphatic heterocycles. The van der Waals surface area contributed by atoms with Gasteiger partial charge < -0.3 is 8.85 Å². The van der Waals surface area contributed by atoms with Crippen LogP contribution in [0.1, 0.15) is 45.1 Å². The summed E-state index contributed by atoms with van der Waals surface area (Å²) in [5.41, 5.74) is 1.19. The molecule has 0 amide bonds. The second-order valence-electron chi connectivity index (χ2n) is 4.63. The molecular weight excluding hydrogens is 268 g/mol. The molecule has 1 aromatic rings. The highest BCUT2D eigenvalue weighted by atomic mass is 28.2. The first kappa shape index (κ1) is 16.3. The second kappa shape index (κ2) is 10.1. The zero-order chi connectivity index (χ0) is 13.9. The van der Waals surface area contributed by atoms with E-state index >= 15 is 0 Å². The number of rotatable bonds is 10. The summed E-state index contributed by atoms with van der Waals surface area (Å²) in [5.74, 6) is 1.92. The summed E-state index contributed by atoms with van der Waals surface area (Å²) in [6, 6.07) is 8.46. The van der Waals surface area contributed by atoms with Crippen molar-refractivity contribution in [1.82, 2.24) is 0 Å². The molecule has 104 valence electrons. The Morgan fingerprint density at radius 1 is 0.947 bits per heavy atom. The number of benzene rings is 1. The number of aryl methyl sites for hydroxylation is 1. The summed E-state index contributed by atoms with van der Waals surface area (Å²) in [5, 5.41) is 0. The Morgan fingerprint density at radius 2 is 1.58 bits per heavy atom. The molecule has 0 aliphatic carbocycles. The Balaban J connectivity index is 2.42. The third-order valence-electron chi connectivity index (χ3n) is 2.80. The van der Waals surface area contributed by atoms with E-state index in [1.54, 1.807) is 0 Å². The minimum atomic E-state index is 0.558. The number of hydrogen-bond donors (Lipinski definition) is 0. The van der Waals surface area contributed by atoms with Gasteiger partial charge in [-0.05, 0) is 30.6 Å². The maximum Gasteiger partial charge on any atom is 0.310 e. The van der Waals surface area contributed by atoms with Crippen LogP contribution >= 0.6 is 0 Å². The lowest BCUT2D eigenvalue weighted by atomic mass is 10.2. The fourth-order valence-corrected chi connectivity index (χ4v) is 3.38. The van der Waals surface area contributed by atoms with Gasteiger partial charge in [-0.2, -0.15) is 0 Å². The van der Waals surface area contributed by atoms with Gasteiger partial charge in [-0.25, -0.2) is 0 Å². The average molecular weight is 293 g/mol. The lowest BCUT2D eigenvalue weighted by Gasteiger charge is -2.11. The standard InChI is InChI=1S/C15H24O2Si2/c1-4-6-10-18-16-14-9-8-13(3)15(12-14)17-19-11-7-5-2/h8-9,12H,4-7,10-11H2,1-3H3. The number of hydrogen-bond acceptors (Lipinski definition) is 2. The maximum absolute atomic E-state index is 5.86. The van der Waals surface area contributed by atoms with Gasteiger partial charge >= 0.3 is 19.5 Å². The Kier molecular flexibility index (Phi) is 8.66. The minimum absolute atomic E-state index is 0.558. The highest BCUT2D eigenvalue weighted by Gasteiger charge is 2.04. The molecule has 1 aromatic carbocycles. The van der Waals surface area contributed by atoms with E-state index in [1.807, 2.05) is 12.1 Å². The smallest absolute Gasteiger partial charge is 0.310 e. The fourth-order valence-electron chi connectivity index (χ4n) is 1.51. The molecule has 2 nitrogen and oxygen atoms in total. The molecule has 1 rings (SSSR count). The summed E-state index contributed by atoms with van der Waals surface area (Å²) in [7, 11) is 1.12. The van der Waals surface area contributed by atoms with Gasteiger partial charge in [0, 0.05) is 6.07 Å². The predicted octanol–water partition coefficient (Wildman–Crippen LogP) is 4.43. The molecule has 0 aliphatic rings. The van der Waals surface area contributed by atoms with Gasteiger partial charge in [0.2, 0.25) is 0 Å². The molecule has 19 heavy (non-hydrogen) atoms. The van der Waals surface area contributed by atoms with E-state index in [4.69, 9.17) is 8.85 Å². The molecule has 4 heteroatoms. The Labute approximate surface area is 122 Å². The van der Waals surface area contributed by atoms with Crippen molar-refractivity contribution in [3.05, 3.63) is 23.8 Å². The summed E-state index contributed by atoms with van der Waals surface area (Å²) < 4.78 is 11.6. The van der Waals surface area contributed by atoms with Gasteiger partial charge in [0.15, 0.2) is 0 Å². The van der Waals surface area contributed by atoms with Crippen molar-refractivity contribution in [3.63, 3.8) is 0 Å². The molecule has 0 fully saturated rings. The van der Waals surface area contributed by atoms with E-state index in [2.05, 4.69) is 26.8 Å². The summed E-state index contributed by atoms with van der Waals surface area (Å²) in [4.78, 5) is 0. The second-order valence-corrected chi connectivity index (χ2v) is 6.61. The first-order valence-electron chi connectivity index (χ1n) is 7.18. The quantitative estimate of drug-likeness (QED) is 0.469. The van der Waals surface area contributed by atoms with E-state index in [1.165, 1.54) is 31.2 Å². The molecule has 4 radical (unpaired) electrons. The zero-order valence-corrected chi connectivity index (χ0v) is 14.3. The highest BCUT2D eigenvalue weighted by molar-refractivity contribution is 6.28. The Bertz CT molecular complexity index is 356. The average Bonchev–Trinajstić information content (AvgIpc) is 2.42. The van der Waals surface area contributed by atoms with Crippen molar-refractivity contribution in [2.24, 2.45) is 0 Å². The van der Waals surface area contributed by atoms with Gasteiger partial charge in [-0.3, -0.25) is 0 Å². The molecule has 0 saturated heterocycles. The molecule has 0 aromatic heterocycles. The lowest BCUT2D eigenvalue weighted by molar-refractivity contribution is 0.558. The maximum atomic E-state index is 5.86. The molecule has 0 atom stereocenters. The van der Waals surface area contributed by atoms with Gasteiger partial charge in [0.05, 0.1) is 0 Å². The van der Waals surface area contributed by atoms with Crippen LogP contribution in [0.2, 0.25) is 12.1 Å². The van der Waals surface area contributed by atoms with E-state index in [0.717, 1.165) is 23.6 Å². The SMILES string of the molecule is CCCC[Si]Oc1ccc(C)c(O[Si]CCCC)c1. The third-order valence-corrected chi connectivity index (χ3v) is 4.66. The Hall–Kier alpha value is -0.746. The first-order chi connectivity index (χ1) is 9.27. The van der Waals surface area contributed by atoms with Crippen LogP contribution in [0.3, 0.4) is 0 Å². The van der Waals surface area contributed by atoms with E-state index in [-0.39, 0.29) is 0 Å². The molecule has 0 unspecified atom stereocenters. The summed E-state index contributed by atoms with van der Waals surface area (Å²) >= 11 is 0. The monoisotopic (exact) mass is 292 g/mol. The van der Waals surface area contributed by atoms with Crippen LogP contribution in [0.5, 0.6) is 11.5 Å². The topological polar surface area (TPSA) is 18.5 Å². The van der Waals surface area contributed by atoms with Crippen molar-refractivity contribution >= 4 is 19.5 Å². The Morgan fingerprint density at radius 3 is 2.21 bits per heavy atom. The largest absolute Gasteiger partial charge is 0.541 e. The van der Waals surface area contributed by atoms with Crippen LogP contribution < -0.4 is 8.85 Å². The van der Waals surface area contributed by atoms with Gasteiger partial charge in [-0.1, -0.05) is 45.6 Å². The molecule has 0 spiro atoms. The highest BCUT2D eigenvalue weighted by Crippen LogP contribution is 2.24. The van der Waals surface area contributed by atoms with E-state index in [0.29, 0.717) is 19.5 Å². The third kappa shape index (κ3) is 6.82. The van der Waals surface area contributed by atoms with Crippen LogP contribution in [0, 0.1) is 6.92 Å². The summed E-state index contributed by atoms with van der Waals surface area (Å²) in [6.07, 6.45) is 4.95. The normalized spacial score (nSPS) is 10.5. The molecule has 0 bridgehead atoms. The molecular formula is C15H24O2Si2. The molecule has 0 heterocycles. The van der Waals surface area contributed by atoms with Crippen LogP contribution in [0.4, 0.5) is 0 Å². The lowest BCUT2D eigenvalue weighted by Crippen LogP contribution is -2.04. The van der Waals surface area contributed by atoms with Crippen molar-refractivity contribution < 1.29 is 8.85 Å². The first-order valence-corrected chi connectivity index (χ1v) is 9.41. The van der Waals surface area contributed by atoms with Crippen LogP contribution in [0.15, 0.2) is 18.2 Å². The molecule has 0 N–H and O–H groups in total.